The number of aromatic hydroxyl groups is 1. The van der Waals surface area contributed by atoms with Crippen LogP contribution in [-0.2, 0) is 30.3 Å². The maximum absolute atomic E-state index is 13.1. The molecule has 2 atom stereocenters. The van der Waals surface area contributed by atoms with Gasteiger partial charge in [-0.1, -0.05) is 18.2 Å². The van der Waals surface area contributed by atoms with Crippen LogP contribution in [0.1, 0.15) is 62.4 Å². The second-order valence-electron chi connectivity index (χ2n) is 11.7. The summed E-state index contributed by atoms with van der Waals surface area (Å²) in [7, 11) is 1.20. The lowest BCUT2D eigenvalue weighted by Crippen LogP contribution is -2.49. The van der Waals surface area contributed by atoms with Crippen molar-refractivity contribution >= 4 is 29.8 Å². The van der Waals surface area contributed by atoms with Crippen molar-refractivity contribution in [2.24, 2.45) is 0 Å². The fourth-order valence-corrected chi connectivity index (χ4v) is 4.15. The quantitative estimate of drug-likeness (QED) is 0.102. The van der Waals surface area contributed by atoms with E-state index in [4.69, 9.17) is 18.9 Å². The van der Waals surface area contributed by atoms with E-state index in [0.29, 0.717) is 18.4 Å². The average molecular weight is 644 g/mol. The number of amides is 3. The van der Waals surface area contributed by atoms with Crippen LogP contribution in [-0.4, -0.2) is 84.1 Å². The Labute approximate surface area is 266 Å². The zero-order valence-electron chi connectivity index (χ0n) is 26.3. The first-order valence-electron chi connectivity index (χ1n) is 14.9. The van der Waals surface area contributed by atoms with Crippen LogP contribution < -0.4 is 25.4 Å². The van der Waals surface area contributed by atoms with E-state index in [0.717, 1.165) is 12.8 Å². The number of phenolic OH excluding ortho intramolecular Hbond substituents is 1. The van der Waals surface area contributed by atoms with Crippen molar-refractivity contribution in [2.45, 2.75) is 76.7 Å². The SMILES string of the molecule is COC(=O)c1c(O)cccc1OCCCCNC(=O)[C@H](Cc1ccc(O[C@H](C(=O)O)C(=O)NC2CC2)cc1)NC(=O)OC(C)(C)C. The van der Waals surface area contributed by atoms with Crippen molar-refractivity contribution in [1.29, 1.82) is 0 Å². The molecule has 14 heteroatoms. The molecule has 0 bridgehead atoms. The van der Waals surface area contributed by atoms with E-state index in [9.17, 15) is 34.2 Å². The number of unbranched alkanes of at least 4 members (excludes halogenated alkanes) is 1. The molecule has 1 saturated carbocycles. The van der Waals surface area contributed by atoms with Gasteiger partial charge >= 0.3 is 18.0 Å². The van der Waals surface area contributed by atoms with Gasteiger partial charge in [-0.25, -0.2) is 14.4 Å². The highest BCUT2D eigenvalue weighted by molar-refractivity contribution is 6.00. The number of ether oxygens (including phenoxy) is 4. The second kappa shape index (κ2) is 16.3. The number of aliphatic carboxylic acids is 1. The molecule has 46 heavy (non-hydrogen) atoms. The molecule has 2 aromatic rings. The smallest absolute Gasteiger partial charge is 0.408 e. The normalized spacial score (nSPS) is 13.8. The zero-order valence-corrected chi connectivity index (χ0v) is 26.3. The minimum absolute atomic E-state index is 0.0276. The largest absolute Gasteiger partial charge is 0.507 e. The molecule has 0 spiro atoms. The summed E-state index contributed by atoms with van der Waals surface area (Å²) in [6.45, 7) is 5.54. The van der Waals surface area contributed by atoms with Crippen LogP contribution in [0.25, 0.3) is 0 Å². The molecule has 0 aromatic heterocycles. The third kappa shape index (κ3) is 11.5. The lowest BCUT2D eigenvalue weighted by atomic mass is 10.0. The van der Waals surface area contributed by atoms with Gasteiger partial charge in [-0.15, -0.1) is 0 Å². The standard InChI is InChI=1S/C32H41N3O11/c1-32(2,3)46-31(42)35-22(18-19-10-14-21(15-11-19)45-26(29(39)40)28(38)34-20-12-13-20)27(37)33-16-5-6-17-44-24-9-7-8-23(36)25(24)30(41)43-4/h7-11,14-15,20,22,26,36H,5-6,12-13,16-18H2,1-4H3,(H,33,37)(H,34,38)(H,35,42)(H,39,40)/t22-,26-/m0/s1. The first-order chi connectivity index (χ1) is 21.8. The molecule has 0 saturated heterocycles. The summed E-state index contributed by atoms with van der Waals surface area (Å²) >= 11 is 0. The van der Waals surface area contributed by atoms with Crippen LogP contribution in [0.5, 0.6) is 17.2 Å². The monoisotopic (exact) mass is 643 g/mol. The number of methoxy groups -OCH3 is 1. The van der Waals surface area contributed by atoms with E-state index in [2.05, 4.69) is 16.0 Å². The Morgan fingerprint density at radius 3 is 2.28 bits per heavy atom. The van der Waals surface area contributed by atoms with Crippen molar-refractivity contribution in [3.05, 3.63) is 53.6 Å². The summed E-state index contributed by atoms with van der Waals surface area (Å²) in [5, 5.41) is 27.4. The highest BCUT2D eigenvalue weighted by Crippen LogP contribution is 2.28. The number of hydrogen-bond acceptors (Lipinski definition) is 10. The summed E-state index contributed by atoms with van der Waals surface area (Å²) < 4.78 is 21.1. The Bertz CT molecular complexity index is 1380. The van der Waals surface area contributed by atoms with Gasteiger partial charge in [0, 0.05) is 19.0 Å². The van der Waals surface area contributed by atoms with Gasteiger partial charge in [0.1, 0.15) is 34.5 Å². The number of rotatable bonds is 16. The number of esters is 1. The van der Waals surface area contributed by atoms with Gasteiger partial charge in [-0.2, -0.15) is 0 Å². The van der Waals surface area contributed by atoms with E-state index in [1.807, 2.05) is 0 Å². The number of phenols is 1. The summed E-state index contributed by atoms with van der Waals surface area (Å²) in [4.78, 5) is 61.5. The van der Waals surface area contributed by atoms with Gasteiger partial charge < -0.3 is 45.1 Å². The highest BCUT2D eigenvalue weighted by Gasteiger charge is 2.33. The zero-order chi connectivity index (χ0) is 33.9. The Kier molecular flexibility index (Phi) is 12.6. The number of carbonyl (C=O) groups excluding carboxylic acids is 4. The molecule has 0 heterocycles. The number of carboxylic acids is 1. The summed E-state index contributed by atoms with van der Waals surface area (Å²) in [6.07, 6.45) is 0.186. The van der Waals surface area contributed by atoms with Crippen molar-refractivity contribution in [1.82, 2.24) is 16.0 Å². The van der Waals surface area contributed by atoms with E-state index < -0.39 is 47.6 Å². The van der Waals surface area contributed by atoms with Crippen LogP contribution in [0.4, 0.5) is 4.79 Å². The van der Waals surface area contributed by atoms with Gasteiger partial charge in [-0.05, 0) is 76.3 Å². The molecule has 3 amide bonds. The molecule has 3 rings (SSSR count). The molecule has 250 valence electrons. The number of nitrogens with one attached hydrogen (secondary N) is 3. The number of hydrogen-bond donors (Lipinski definition) is 5. The number of alkyl carbamates (subject to hydrolysis) is 1. The molecule has 0 aliphatic heterocycles. The third-order valence-corrected chi connectivity index (χ3v) is 6.53. The molecule has 0 radical (unpaired) electrons. The van der Waals surface area contributed by atoms with Crippen molar-refractivity contribution in [3.63, 3.8) is 0 Å². The Hall–Kier alpha value is -5.01. The lowest BCUT2D eigenvalue weighted by Gasteiger charge is -2.23. The fourth-order valence-electron chi connectivity index (χ4n) is 4.15. The van der Waals surface area contributed by atoms with Crippen LogP contribution in [0, 0.1) is 0 Å². The van der Waals surface area contributed by atoms with Gasteiger partial charge in [0.25, 0.3) is 12.0 Å². The average Bonchev–Trinajstić information content (AvgIpc) is 3.80. The summed E-state index contributed by atoms with van der Waals surface area (Å²) in [6, 6.07) is 9.56. The first-order valence-corrected chi connectivity index (χ1v) is 14.9. The molecule has 14 nitrogen and oxygen atoms in total. The van der Waals surface area contributed by atoms with E-state index >= 15 is 0 Å². The van der Waals surface area contributed by atoms with Crippen molar-refractivity contribution in [2.75, 3.05) is 20.3 Å². The molecule has 2 aromatic carbocycles. The Morgan fingerprint density at radius 2 is 1.67 bits per heavy atom. The number of carboxylic acid groups (broad SMARTS) is 1. The number of carbonyl (C=O) groups is 5. The van der Waals surface area contributed by atoms with Gasteiger partial charge in [0.2, 0.25) is 5.91 Å². The minimum Gasteiger partial charge on any atom is -0.507 e. The molecular formula is C32H41N3O11. The van der Waals surface area contributed by atoms with Gasteiger partial charge in [0.05, 0.1) is 13.7 Å². The van der Waals surface area contributed by atoms with E-state index in [1.165, 1.54) is 37.4 Å². The van der Waals surface area contributed by atoms with E-state index in [-0.39, 0.29) is 48.4 Å². The maximum Gasteiger partial charge on any atom is 0.408 e. The van der Waals surface area contributed by atoms with Gasteiger partial charge in [-0.3, -0.25) is 9.59 Å². The fraction of sp³-hybridized carbons (Fsp3) is 0.469. The van der Waals surface area contributed by atoms with Crippen LogP contribution >= 0.6 is 0 Å². The van der Waals surface area contributed by atoms with E-state index in [1.54, 1.807) is 32.9 Å². The van der Waals surface area contributed by atoms with Crippen LogP contribution in [0.3, 0.4) is 0 Å². The molecular weight excluding hydrogens is 602 g/mol. The molecule has 1 aliphatic rings. The minimum atomic E-state index is -1.71. The molecule has 0 unspecified atom stereocenters. The predicted molar refractivity (Wildman–Crippen MR) is 164 cm³/mol. The van der Waals surface area contributed by atoms with Crippen LogP contribution in [0.2, 0.25) is 0 Å². The summed E-state index contributed by atoms with van der Waals surface area (Å²) in [5.41, 5.74) is -0.242. The molecule has 1 aliphatic carbocycles. The first kappa shape index (κ1) is 35.5. The Morgan fingerprint density at radius 1 is 0.978 bits per heavy atom. The van der Waals surface area contributed by atoms with Crippen LogP contribution in [0.15, 0.2) is 42.5 Å². The molecule has 5 N–H and O–H groups in total. The third-order valence-electron chi connectivity index (χ3n) is 6.53. The molecule has 1 fully saturated rings. The predicted octanol–water partition coefficient (Wildman–Crippen LogP) is 2.70. The topological polar surface area (TPSA) is 199 Å². The summed E-state index contributed by atoms with van der Waals surface area (Å²) in [5.74, 6) is -3.28. The lowest BCUT2D eigenvalue weighted by molar-refractivity contribution is -0.151. The Balaban J connectivity index is 1.56. The highest BCUT2D eigenvalue weighted by atomic mass is 16.6. The second-order valence-corrected chi connectivity index (χ2v) is 11.7. The van der Waals surface area contributed by atoms with Gasteiger partial charge in [0.15, 0.2) is 0 Å². The number of benzene rings is 2. The van der Waals surface area contributed by atoms with Crippen molar-refractivity contribution in [3.8, 4) is 17.2 Å². The van der Waals surface area contributed by atoms with Crippen molar-refractivity contribution < 1.29 is 53.1 Å². The maximum atomic E-state index is 13.1.